The van der Waals surface area contributed by atoms with Gasteiger partial charge in [0.2, 0.25) is 5.91 Å². The van der Waals surface area contributed by atoms with Gasteiger partial charge in [0.15, 0.2) is 0 Å². The smallest absolute Gasteiger partial charge is 0.414 e. The summed E-state index contributed by atoms with van der Waals surface area (Å²) >= 11 is 0. The first-order chi connectivity index (χ1) is 10.1. The zero-order valence-electron chi connectivity index (χ0n) is 12.2. The molecule has 22 heavy (non-hydrogen) atoms. The molecule has 2 aliphatic heterocycles. The number of ether oxygens (including phenoxy) is 1. The average molecular weight is 326 g/mol. The summed E-state index contributed by atoms with van der Waals surface area (Å²) in [5, 5.41) is 0. The van der Waals surface area contributed by atoms with E-state index in [1.807, 2.05) is 29.2 Å². The summed E-state index contributed by atoms with van der Waals surface area (Å²) in [4.78, 5) is 26.9. The normalized spacial score (nSPS) is 19.1. The molecule has 1 aromatic carbocycles. The number of nitrogens with two attached hydrogens (primary N) is 1. The number of fused-ring (bicyclic) bond motifs is 1. The highest BCUT2D eigenvalue weighted by Gasteiger charge is 2.34. The first-order valence-electron chi connectivity index (χ1n) is 7.19. The number of nitrogens with zero attached hydrogens (tertiary/aromatic N) is 2. The highest BCUT2D eigenvalue weighted by Crippen LogP contribution is 2.31. The standard InChI is InChI=1S/C15H19N3O3.ClH/c16-14(19)9-17-7-5-12(6-8-17)18-13-4-2-1-3-11(13)10-21-15(18)20;/h1-4,12H,5-10H2,(H2,16,19);1H. The lowest BCUT2D eigenvalue weighted by atomic mass is 10.0. The minimum Gasteiger partial charge on any atom is -0.444 e. The molecular formula is C15H20ClN3O3. The number of anilines is 1. The Kier molecular flexibility index (Phi) is 5.26. The van der Waals surface area contributed by atoms with Crippen LogP contribution in [0, 0.1) is 0 Å². The van der Waals surface area contributed by atoms with Crippen LogP contribution in [-0.4, -0.2) is 42.6 Å². The predicted molar refractivity (Wildman–Crippen MR) is 85.0 cm³/mol. The molecule has 1 aromatic rings. The van der Waals surface area contributed by atoms with Crippen molar-refractivity contribution < 1.29 is 14.3 Å². The van der Waals surface area contributed by atoms with Gasteiger partial charge in [-0.2, -0.15) is 0 Å². The largest absolute Gasteiger partial charge is 0.444 e. The molecule has 0 aromatic heterocycles. The maximum Gasteiger partial charge on any atom is 0.414 e. The Morgan fingerprint density at radius 3 is 2.64 bits per heavy atom. The molecule has 0 bridgehead atoms. The van der Waals surface area contributed by atoms with E-state index in [0.717, 1.165) is 37.2 Å². The first-order valence-corrected chi connectivity index (χ1v) is 7.19. The third-order valence-corrected chi connectivity index (χ3v) is 4.10. The van der Waals surface area contributed by atoms with Crippen molar-refractivity contribution in [1.29, 1.82) is 0 Å². The second-order valence-corrected chi connectivity index (χ2v) is 5.53. The lowest BCUT2D eigenvalue weighted by molar-refractivity contribution is -0.119. The number of halogens is 1. The van der Waals surface area contributed by atoms with E-state index in [0.29, 0.717) is 6.61 Å². The van der Waals surface area contributed by atoms with Crippen molar-refractivity contribution in [3.63, 3.8) is 0 Å². The van der Waals surface area contributed by atoms with Crippen molar-refractivity contribution >= 4 is 30.1 Å². The van der Waals surface area contributed by atoms with Crippen LogP contribution in [0.4, 0.5) is 10.5 Å². The number of carbonyl (C=O) groups excluding carboxylic acids is 2. The number of para-hydroxylation sites is 1. The second-order valence-electron chi connectivity index (χ2n) is 5.53. The minimum atomic E-state index is -0.309. The van der Waals surface area contributed by atoms with Crippen LogP contribution in [0.1, 0.15) is 18.4 Å². The van der Waals surface area contributed by atoms with Crippen molar-refractivity contribution in [1.82, 2.24) is 4.90 Å². The molecule has 2 heterocycles. The molecule has 6 nitrogen and oxygen atoms in total. The van der Waals surface area contributed by atoms with Crippen LogP contribution >= 0.6 is 12.4 Å². The minimum absolute atomic E-state index is 0. The quantitative estimate of drug-likeness (QED) is 0.914. The van der Waals surface area contributed by atoms with Crippen LogP contribution in [0.5, 0.6) is 0 Å². The predicted octanol–water partition coefficient (Wildman–Crippen LogP) is 1.51. The summed E-state index contributed by atoms with van der Waals surface area (Å²) in [5.74, 6) is -0.309. The van der Waals surface area contributed by atoms with Crippen molar-refractivity contribution in [3.8, 4) is 0 Å². The summed E-state index contributed by atoms with van der Waals surface area (Å²) < 4.78 is 5.26. The molecule has 0 saturated carbocycles. The fraction of sp³-hybridized carbons (Fsp3) is 0.467. The summed E-state index contributed by atoms with van der Waals surface area (Å²) in [6, 6.07) is 7.95. The Labute approximate surface area is 135 Å². The van der Waals surface area contributed by atoms with Crippen molar-refractivity contribution in [3.05, 3.63) is 29.8 Å². The Morgan fingerprint density at radius 2 is 1.95 bits per heavy atom. The lowest BCUT2D eigenvalue weighted by Gasteiger charge is -2.39. The molecule has 2 N–H and O–H groups in total. The van der Waals surface area contributed by atoms with E-state index >= 15 is 0 Å². The van der Waals surface area contributed by atoms with Gasteiger partial charge in [-0.05, 0) is 18.9 Å². The summed E-state index contributed by atoms with van der Waals surface area (Å²) in [7, 11) is 0. The van der Waals surface area contributed by atoms with Gasteiger partial charge < -0.3 is 10.5 Å². The molecule has 2 aliphatic rings. The van der Waals surface area contributed by atoms with Crippen LogP contribution in [0.25, 0.3) is 0 Å². The number of hydrogen-bond donors (Lipinski definition) is 1. The molecular weight excluding hydrogens is 306 g/mol. The van der Waals surface area contributed by atoms with Crippen molar-refractivity contribution in [2.75, 3.05) is 24.5 Å². The van der Waals surface area contributed by atoms with Gasteiger partial charge in [0.05, 0.1) is 12.2 Å². The lowest BCUT2D eigenvalue weighted by Crippen LogP contribution is -2.50. The van der Waals surface area contributed by atoms with Gasteiger partial charge in [-0.25, -0.2) is 4.79 Å². The maximum atomic E-state index is 12.1. The monoisotopic (exact) mass is 325 g/mol. The molecule has 3 rings (SSSR count). The molecule has 0 unspecified atom stereocenters. The molecule has 1 saturated heterocycles. The molecule has 0 radical (unpaired) electrons. The number of cyclic esters (lactones) is 1. The average Bonchev–Trinajstić information content (AvgIpc) is 2.48. The van der Waals surface area contributed by atoms with Gasteiger partial charge in [0.25, 0.3) is 0 Å². The Balaban J connectivity index is 0.00000176. The van der Waals surface area contributed by atoms with Crippen LogP contribution < -0.4 is 10.6 Å². The fourth-order valence-electron chi connectivity index (χ4n) is 3.08. The van der Waals surface area contributed by atoms with Gasteiger partial charge in [-0.1, -0.05) is 18.2 Å². The Morgan fingerprint density at radius 1 is 1.27 bits per heavy atom. The number of benzene rings is 1. The number of amides is 2. The molecule has 120 valence electrons. The SMILES string of the molecule is Cl.NC(=O)CN1CCC(N2C(=O)OCc3ccccc32)CC1. The number of hydrogen-bond acceptors (Lipinski definition) is 4. The molecule has 7 heteroatoms. The molecule has 0 aliphatic carbocycles. The van der Waals surface area contributed by atoms with E-state index in [2.05, 4.69) is 0 Å². The molecule has 0 spiro atoms. The van der Waals surface area contributed by atoms with Crippen molar-refractivity contribution in [2.45, 2.75) is 25.5 Å². The topological polar surface area (TPSA) is 75.9 Å². The van der Waals surface area contributed by atoms with E-state index in [1.54, 1.807) is 4.90 Å². The van der Waals surface area contributed by atoms with E-state index in [-0.39, 0.29) is 37.0 Å². The highest BCUT2D eigenvalue weighted by molar-refractivity contribution is 5.91. The zero-order chi connectivity index (χ0) is 14.8. The van der Waals surface area contributed by atoms with Crippen molar-refractivity contribution in [2.24, 2.45) is 5.73 Å². The Hall–Kier alpha value is -1.79. The van der Waals surface area contributed by atoms with E-state index in [1.165, 1.54) is 0 Å². The molecule has 1 fully saturated rings. The zero-order valence-corrected chi connectivity index (χ0v) is 13.1. The van der Waals surface area contributed by atoms with Gasteiger partial charge in [-0.15, -0.1) is 12.4 Å². The van der Waals surface area contributed by atoms with Gasteiger partial charge in [0.1, 0.15) is 6.61 Å². The van der Waals surface area contributed by atoms with Gasteiger partial charge >= 0.3 is 6.09 Å². The van der Waals surface area contributed by atoms with Crippen LogP contribution in [0.15, 0.2) is 24.3 Å². The van der Waals surface area contributed by atoms with Crippen LogP contribution in [0.3, 0.4) is 0 Å². The molecule has 0 atom stereocenters. The number of piperidine rings is 1. The summed E-state index contributed by atoms with van der Waals surface area (Å²) in [6.45, 7) is 2.15. The van der Waals surface area contributed by atoms with E-state index in [9.17, 15) is 9.59 Å². The number of likely N-dealkylation sites (tertiary alicyclic amines) is 1. The van der Waals surface area contributed by atoms with Gasteiger partial charge in [0, 0.05) is 24.7 Å². The maximum absolute atomic E-state index is 12.1. The number of carbonyl (C=O) groups is 2. The third kappa shape index (κ3) is 3.34. The number of primary amides is 1. The van der Waals surface area contributed by atoms with Crippen LogP contribution in [-0.2, 0) is 16.1 Å². The fourth-order valence-corrected chi connectivity index (χ4v) is 3.08. The summed E-state index contributed by atoms with van der Waals surface area (Å²) in [5.41, 5.74) is 7.21. The summed E-state index contributed by atoms with van der Waals surface area (Å²) in [6.07, 6.45) is 1.36. The second kappa shape index (κ2) is 6.98. The Bertz CT molecular complexity index is 559. The number of rotatable bonds is 3. The van der Waals surface area contributed by atoms with E-state index < -0.39 is 0 Å². The first kappa shape index (κ1) is 16.6. The molecule has 2 amide bonds. The highest BCUT2D eigenvalue weighted by atomic mass is 35.5. The van der Waals surface area contributed by atoms with Crippen LogP contribution in [0.2, 0.25) is 0 Å². The van der Waals surface area contributed by atoms with E-state index in [4.69, 9.17) is 10.5 Å². The third-order valence-electron chi connectivity index (χ3n) is 4.10. The van der Waals surface area contributed by atoms with Gasteiger partial charge in [-0.3, -0.25) is 14.6 Å².